The Labute approximate surface area is 183 Å². The lowest BCUT2D eigenvalue weighted by Gasteiger charge is -2.22. The molecule has 0 N–H and O–H groups in total. The molecule has 0 bridgehead atoms. The van der Waals surface area contributed by atoms with Crippen molar-refractivity contribution < 1.29 is 31.1 Å². The monoisotopic (exact) mass is 473 g/mol. The Balaban J connectivity index is 1.94. The summed E-state index contributed by atoms with van der Waals surface area (Å²) in [5, 5.41) is 0. The van der Waals surface area contributed by atoms with Gasteiger partial charge in [-0.05, 0) is 54.1 Å². The lowest BCUT2D eigenvalue weighted by molar-refractivity contribution is -0.189. The van der Waals surface area contributed by atoms with Gasteiger partial charge < -0.3 is 9.64 Å². The van der Waals surface area contributed by atoms with E-state index in [1.807, 2.05) is 25.1 Å². The molecular weight excluding hydrogens is 451 g/mol. The first-order valence-corrected chi connectivity index (χ1v) is 12.4. The summed E-state index contributed by atoms with van der Waals surface area (Å²) >= 11 is 1.67. The molecule has 1 aliphatic heterocycles. The molecule has 0 radical (unpaired) electrons. The Morgan fingerprint density at radius 2 is 1.84 bits per heavy atom. The van der Waals surface area contributed by atoms with Crippen molar-refractivity contribution in [3.63, 3.8) is 0 Å². The molecule has 10 heteroatoms. The molecule has 1 atom stereocenters. The third-order valence-corrected chi connectivity index (χ3v) is 6.86. The van der Waals surface area contributed by atoms with Crippen molar-refractivity contribution in [3.8, 4) is 5.75 Å². The van der Waals surface area contributed by atoms with Crippen molar-refractivity contribution in [3.05, 3.63) is 53.1 Å². The highest BCUT2D eigenvalue weighted by molar-refractivity contribution is 7.99. The molecular formula is C21H22F3NO4S2. The highest BCUT2D eigenvalue weighted by Gasteiger charge is 2.39. The van der Waals surface area contributed by atoms with Crippen LogP contribution in [-0.2, 0) is 22.9 Å². The summed E-state index contributed by atoms with van der Waals surface area (Å²) < 4.78 is 67.9. The predicted octanol–water partition coefficient (Wildman–Crippen LogP) is 4.69. The highest BCUT2D eigenvalue weighted by atomic mass is 32.2. The molecule has 1 unspecified atom stereocenters. The van der Waals surface area contributed by atoms with Crippen LogP contribution in [0.25, 0.3) is 0 Å². The molecule has 3 rings (SSSR count). The predicted molar refractivity (Wildman–Crippen MR) is 112 cm³/mol. The number of sulfone groups is 1. The van der Waals surface area contributed by atoms with Crippen molar-refractivity contribution >= 4 is 27.5 Å². The Morgan fingerprint density at radius 3 is 2.45 bits per heavy atom. The van der Waals surface area contributed by atoms with Crippen LogP contribution in [-0.4, -0.2) is 43.5 Å². The number of carbonyl (C=O) groups excluding carboxylic acids is 1. The third-order valence-electron chi connectivity index (χ3n) is 4.87. The Bertz CT molecular complexity index is 1100. The van der Waals surface area contributed by atoms with Gasteiger partial charge in [-0.3, -0.25) is 4.79 Å². The number of fused-ring (bicyclic) bond motifs is 1. The van der Waals surface area contributed by atoms with Gasteiger partial charge in [0.15, 0.2) is 15.9 Å². The van der Waals surface area contributed by atoms with E-state index in [2.05, 4.69) is 0 Å². The SMILES string of the molecule is CCSc1ccc2c(c1)CN(C(=O)c1cc(S(C)(=O)=O)ccc1OC(C)C(F)(F)F)C2. The van der Waals surface area contributed by atoms with Crippen LogP contribution in [0.1, 0.15) is 35.3 Å². The van der Waals surface area contributed by atoms with Crippen LogP contribution >= 0.6 is 11.8 Å². The zero-order valence-corrected chi connectivity index (χ0v) is 18.8. The van der Waals surface area contributed by atoms with Gasteiger partial charge in [0.05, 0.1) is 10.5 Å². The number of amides is 1. The van der Waals surface area contributed by atoms with Crippen LogP contribution in [0.5, 0.6) is 5.75 Å². The smallest absolute Gasteiger partial charge is 0.425 e. The number of carbonyl (C=O) groups is 1. The van der Waals surface area contributed by atoms with Crippen LogP contribution < -0.4 is 4.74 Å². The van der Waals surface area contributed by atoms with Crippen molar-refractivity contribution in [2.45, 2.75) is 49.0 Å². The van der Waals surface area contributed by atoms with Crippen molar-refractivity contribution in [1.82, 2.24) is 4.90 Å². The maximum Gasteiger partial charge on any atom is 0.425 e. The normalized spacial score (nSPS) is 15.0. The largest absolute Gasteiger partial charge is 0.480 e. The number of rotatable bonds is 6. The van der Waals surface area contributed by atoms with Crippen molar-refractivity contribution in [2.75, 3.05) is 12.0 Å². The van der Waals surface area contributed by atoms with Crippen LogP contribution in [0.2, 0.25) is 0 Å². The van der Waals surface area contributed by atoms with E-state index in [-0.39, 0.29) is 29.3 Å². The fourth-order valence-corrected chi connectivity index (χ4v) is 4.58. The fourth-order valence-electron chi connectivity index (χ4n) is 3.21. The summed E-state index contributed by atoms with van der Waals surface area (Å²) in [6.07, 6.45) is -5.83. The molecule has 1 amide bonds. The number of halogens is 3. The van der Waals surface area contributed by atoms with E-state index in [4.69, 9.17) is 4.74 Å². The zero-order chi connectivity index (χ0) is 23.0. The van der Waals surface area contributed by atoms with Gasteiger partial charge in [0.25, 0.3) is 5.91 Å². The molecule has 2 aromatic rings. The molecule has 1 aliphatic rings. The van der Waals surface area contributed by atoms with Gasteiger partial charge in [-0.2, -0.15) is 13.2 Å². The second kappa shape index (κ2) is 8.74. The molecule has 2 aromatic carbocycles. The van der Waals surface area contributed by atoms with Crippen molar-refractivity contribution in [2.24, 2.45) is 0 Å². The van der Waals surface area contributed by atoms with E-state index in [1.54, 1.807) is 11.8 Å². The third kappa shape index (κ3) is 5.35. The second-order valence-corrected chi connectivity index (χ2v) is 10.6. The van der Waals surface area contributed by atoms with Gasteiger partial charge in [0, 0.05) is 24.2 Å². The standard InChI is InChI=1S/C21H22F3NO4S2/c1-4-30-16-6-5-14-11-25(12-15(14)9-16)20(26)18-10-17(31(3,27)28)7-8-19(18)29-13(2)21(22,23)24/h5-10,13H,4,11-12H2,1-3H3. The fraction of sp³-hybridized carbons (Fsp3) is 0.381. The molecule has 5 nitrogen and oxygen atoms in total. The quantitative estimate of drug-likeness (QED) is 0.570. The number of benzene rings is 2. The van der Waals surface area contributed by atoms with E-state index in [0.29, 0.717) is 0 Å². The number of nitrogens with zero attached hydrogens (tertiary/aromatic N) is 1. The molecule has 0 fully saturated rings. The van der Waals surface area contributed by atoms with E-state index >= 15 is 0 Å². The van der Waals surface area contributed by atoms with Gasteiger partial charge >= 0.3 is 6.18 Å². The van der Waals surface area contributed by atoms with Gasteiger partial charge in [-0.15, -0.1) is 11.8 Å². The van der Waals surface area contributed by atoms with Gasteiger partial charge in [-0.25, -0.2) is 8.42 Å². The van der Waals surface area contributed by atoms with Crippen LogP contribution in [0.15, 0.2) is 46.2 Å². The summed E-state index contributed by atoms with van der Waals surface area (Å²) in [5.74, 6) is 0.00817. The molecule has 0 aromatic heterocycles. The summed E-state index contributed by atoms with van der Waals surface area (Å²) in [7, 11) is -3.67. The van der Waals surface area contributed by atoms with Gasteiger partial charge in [0.2, 0.25) is 0 Å². The van der Waals surface area contributed by atoms with E-state index in [9.17, 15) is 26.4 Å². The average Bonchev–Trinajstić information content (AvgIpc) is 3.09. The summed E-state index contributed by atoms with van der Waals surface area (Å²) in [4.78, 5) is 15.6. The molecule has 0 saturated carbocycles. The molecule has 168 valence electrons. The molecule has 0 aliphatic carbocycles. The number of hydrogen-bond donors (Lipinski definition) is 0. The van der Waals surface area contributed by atoms with Crippen molar-refractivity contribution in [1.29, 1.82) is 0 Å². The summed E-state index contributed by atoms with van der Waals surface area (Å²) in [6.45, 7) is 3.43. The van der Waals surface area contributed by atoms with E-state index in [1.165, 1.54) is 4.90 Å². The average molecular weight is 474 g/mol. The minimum absolute atomic E-state index is 0.166. The Morgan fingerprint density at radius 1 is 1.16 bits per heavy atom. The van der Waals surface area contributed by atoms with E-state index < -0.39 is 28.0 Å². The minimum atomic E-state index is -4.63. The molecule has 1 heterocycles. The molecule has 0 saturated heterocycles. The second-order valence-electron chi connectivity index (χ2n) is 7.26. The lowest BCUT2D eigenvalue weighted by Crippen LogP contribution is -2.32. The van der Waals surface area contributed by atoms with Crippen LogP contribution in [0, 0.1) is 0 Å². The summed E-state index contributed by atoms with van der Waals surface area (Å²) in [5.41, 5.74) is 1.69. The topological polar surface area (TPSA) is 63.7 Å². The number of thioether (sulfide) groups is 1. The van der Waals surface area contributed by atoms with Gasteiger partial charge in [0.1, 0.15) is 5.75 Å². The first kappa shape index (κ1) is 23.5. The van der Waals surface area contributed by atoms with Crippen LogP contribution in [0.4, 0.5) is 13.2 Å². The maximum absolute atomic E-state index is 13.2. The first-order chi connectivity index (χ1) is 14.4. The molecule has 0 spiro atoms. The summed E-state index contributed by atoms with van der Waals surface area (Å²) in [6, 6.07) is 9.20. The Kier molecular flexibility index (Phi) is 6.61. The Hall–Kier alpha value is -2.20. The first-order valence-electron chi connectivity index (χ1n) is 9.51. The number of alkyl halides is 3. The number of ether oxygens (including phenoxy) is 1. The highest BCUT2D eigenvalue weighted by Crippen LogP contribution is 2.33. The number of hydrogen-bond acceptors (Lipinski definition) is 5. The molecule has 31 heavy (non-hydrogen) atoms. The van der Waals surface area contributed by atoms with Crippen LogP contribution in [0.3, 0.4) is 0 Å². The minimum Gasteiger partial charge on any atom is -0.480 e. The zero-order valence-electron chi connectivity index (χ0n) is 17.2. The van der Waals surface area contributed by atoms with E-state index in [0.717, 1.165) is 53.2 Å². The maximum atomic E-state index is 13.2. The van der Waals surface area contributed by atoms with Gasteiger partial charge in [-0.1, -0.05) is 13.0 Å². The lowest BCUT2D eigenvalue weighted by atomic mass is 10.1.